The lowest BCUT2D eigenvalue weighted by molar-refractivity contribution is 0.582. The van der Waals surface area contributed by atoms with E-state index in [2.05, 4.69) is 20.7 Å². The minimum Gasteiger partial charge on any atom is -0.260 e. The quantitative estimate of drug-likeness (QED) is 0.788. The molecule has 1 heterocycles. The Hall–Kier alpha value is 0.240. The van der Waals surface area contributed by atoms with E-state index < -0.39 is 20.8 Å². The Balaban J connectivity index is 2.60. The number of rotatable bonds is 6. The van der Waals surface area contributed by atoms with E-state index >= 15 is 0 Å². The van der Waals surface area contributed by atoms with Gasteiger partial charge >= 0.3 is 0 Å². The molecule has 17 heavy (non-hydrogen) atoms. The smallest absolute Gasteiger partial charge is 0.250 e. The van der Waals surface area contributed by atoms with Crippen molar-refractivity contribution in [2.24, 2.45) is 0 Å². The van der Waals surface area contributed by atoms with Gasteiger partial charge in [-0.2, -0.15) is 0 Å². The highest BCUT2D eigenvalue weighted by molar-refractivity contribution is 9.11. The van der Waals surface area contributed by atoms with Crippen LogP contribution < -0.4 is 4.72 Å². The van der Waals surface area contributed by atoms with E-state index in [-0.39, 0.29) is 0 Å². The van der Waals surface area contributed by atoms with E-state index in [9.17, 15) is 12.6 Å². The second-order valence-corrected chi connectivity index (χ2v) is 9.47. The number of hydrogen-bond donors (Lipinski definition) is 1. The van der Waals surface area contributed by atoms with Crippen LogP contribution in [0.15, 0.2) is 14.1 Å². The minimum atomic E-state index is -3.42. The molecule has 0 fully saturated rings. The summed E-state index contributed by atoms with van der Waals surface area (Å²) in [6.45, 7) is 2.16. The van der Waals surface area contributed by atoms with Crippen LogP contribution in [0.3, 0.4) is 0 Å². The van der Waals surface area contributed by atoms with E-state index in [0.717, 1.165) is 9.35 Å². The monoisotopic (exact) mass is 359 g/mol. The molecule has 0 amide bonds. The third-order valence-corrected chi connectivity index (χ3v) is 6.93. The number of sulfonamides is 1. The molecule has 1 atom stereocenters. The summed E-state index contributed by atoms with van der Waals surface area (Å²) in [6.07, 6.45) is 2.18. The fraction of sp³-hybridized carbons (Fsp3) is 0.556. The highest BCUT2D eigenvalue weighted by atomic mass is 79.9. The van der Waals surface area contributed by atoms with Gasteiger partial charge in [-0.1, -0.05) is 0 Å². The largest absolute Gasteiger partial charge is 0.260 e. The average molecular weight is 360 g/mol. The Morgan fingerprint density at radius 1 is 1.53 bits per heavy atom. The normalized spacial score (nSPS) is 13.8. The van der Waals surface area contributed by atoms with Gasteiger partial charge < -0.3 is 0 Å². The van der Waals surface area contributed by atoms with E-state index in [4.69, 9.17) is 0 Å². The molecule has 0 saturated carbocycles. The average Bonchev–Trinajstić information content (AvgIpc) is 2.55. The van der Waals surface area contributed by atoms with Gasteiger partial charge in [0.25, 0.3) is 0 Å². The second-order valence-electron chi connectivity index (χ2n) is 3.55. The van der Waals surface area contributed by atoms with Gasteiger partial charge in [0.05, 0.1) is 3.79 Å². The highest BCUT2D eigenvalue weighted by Gasteiger charge is 2.17. The maximum absolute atomic E-state index is 11.8. The molecule has 1 aromatic heterocycles. The predicted octanol–water partition coefficient (Wildman–Crippen LogP) is 1.87. The Morgan fingerprint density at radius 2 is 2.18 bits per heavy atom. The standard InChI is InChI=1S/C9H14BrNO3S3/c1-7-6-8(15-9(7)10)17(13,14)11-4-3-5-16(2)12/h6,11H,3-5H2,1-2H3. The van der Waals surface area contributed by atoms with Crippen molar-refractivity contribution in [2.75, 3.05) is 18.6 Å². The number of halogens is 1. The first-order chi connectivity index (χ1) is 7.83. The van der Waals surface area contributed by atoms with E-state index in [0.29, 0.717) is 22.9 Å². The molecule has 0 spiro atoms. The SMILES string of the molecule is Cc1cc(S(=O)(=O)NCCCS(C)=O)sc1Br. The third kappa shape index (κ3) is 4.78. The summed E-state index contributed by atoms with van der Waals surface area (Å²) in [4.78, 5) is 0. The summed E-state index contributed by atoms with van der Waals surface area (Å²) < 4.78 is 38.1. The van der Waals surface area contributed by atoms with Gasteiger partial charge in [0, 0.05) is 29.4 Å². The van der Waals surface area contributed by atoms with E-state index in [1.54, 1.807) is 12.3 Å². The zero-order chi connectivity index (χ0) is 13.1. The molecule has 1 rings (SSSR count). The zero-order valence-corrected chi connectivity index (χ0v) is 13.6. The summed E-state index contributed by atoms with van der Waals surface area (Å²) in [7, 11) is -4.30. The first-order valence-corrected chi connectivity index (χ1v) is 9.70. The van der Waals surface area contributed by atoms with E-state index in [1.807, 2.05) is 6.92 Å². The minimum absolute atomic E-state index is 0.305. The summed E-state index contributed by atoms with van der Waals surface area (Å²) in [5, 5.41) is 0. The van der Waals surface area contributed by atoms with Gasteiger partial charge in [-0.3, -0.25) is 4.21 Å². The second kappa shape index (κ2) is 6.42. The summed E-state index contributed by atoms with van der Waals surface area (Å²) in [6, 6.07) is 1.63. The fourth-order valence-electron chi connectivity index (χ4n) is 1.12. The molecule has 1 aromatic rings. The van der Waals surface area contributed by atoms with Crippen molar-refractivity contribution in [1.29, 1.82) is 0 Å². The van der Waals surface area contributed by atoms with Crippen LogP contribution in [0, 0.1) is 6.92 Å². The first-order valence-electron chi connectivity index (χ1n) is 4.88. The first kappa shape index (κ1) is 15.3. The molecule has 0 aliphatic rings. The van der Waals surface area contributed by atoms with Gasteiger partial charge in [-0.15, -0.1) is 11.3 Å². The number of thiophene rings is 1. The topological polar surface area (TPSA) is 63.2 Å². The van der Waals surface area contributed by atoms with Gasteiger partial charge in [0.1, 0.15) is 4.21 Å². The molecule has 0 saturated heterocycles. The fourth-order valence-corrected chi connectivity index (χ4v) is 5.01. The molecular formula is C9H14BrNO3S3. The lowest BCUT2D eigenvalue weighted by atomic mass is 10.4. The third-order valence-electron chi connectivity index (χ3n) is 2.00. The molecule has 0 aromatic carbocycles. The Bertz CT molecular complexity index is 490. The van der Waals surface area contributed by atoms with Gasteiger partial charge in [-0.25, -0.2) is 13.1 Å². The Morgan fingerprint density at radius 3 is 2.65 bits per heavy atom. The van der Waals surface area contributed by atoms with Crippen LogP contribution in [-0.2, 0) is 20.8 Å². The predicted molar refractivity (Wildman–Crippen MR) is 75.5 cm³/mol. The van der Waals surface area contributed by atoms with Crippen molar-refractivity contribution in [3.05, 3.63) is 15.4 Å². The van der Waals surface area contributed by atoms with Crippen LogP contribution in [0.2, 0.25) is 0 Å². The van der Waals surface area contributed by atoms with Crippen molar-refractivity contribution in [3.8, 4) is 0 Å². The molecule has 0 aliphatic heterocycles. The summed E-state index contributed by atoms with van der Waals surface area (Å²) in [5.41, 5.74) is 0.907. The molecule has 0 aliphatic carbocycles. The van der Waals surface area contributed by atoms with Crippen LogP contribution in [0.4, 0.5) is 0 Å². The lowest BCUT2D eigenvalue weighted by Crippen LogP contribution is -2.24. The van der Waals surface area contributed by atoms with Crippen LogP contribution in [0.5, 0.6) is 0 Å². The van der Waals surface area contributed by atoms with Gasteiger partial charge in [-0.05, 0) is 40.9 Å². The van der Waals surface area contributed by atoms with Crippen molar-refractivity contribution in [3.63, 3.8) is 0 Å². The summed E-state index contributed by atoms with van der Waals surface area (Å²) in [5.74, 6) is 0.510. The molecule has 0 bridgehead atoms. The molecular weight excluding hydrogens is 346 g/mol. The molecule has 1 N–H and O–H groups in total. The maximum Gasteiger partial charge on any atom is 0.250 e. The summed E-state index contributed by atoms with van der Waals surface area (Å²) >= 11 is 4.49. The molecule has 8 heteroatoms. The van der Waals surface area contributed by atoms with Crippen molar-refractivity contribution in [2.45, 2.75) is 17.6 Å². The molecule has 4 nitrogen and oxygen atoms in total. The van der Waals surface area contributed by atoms with Crippen LogP contribution in [0.25, 0.3) is 0 Å². The van der Waals surface area contributed by atoms with Crippen molar-refractivity contribution < 1.29 is 12.6 Å². The van der Waals surface area contributed by atoms with Crippen LogP contribution in [0.1, 0.15) is 12.0 Å². The highest BCUT2D eigenvalue weighted by Crippen LogP contribution is 2.30. The Kier molecular flexibility index (Phi) is 5.78. The lowest BCUT2D eigenvalue weighted by Gasteiger charge is -2.03. The number of hydrogen-bond acceptors (Lipinski definition) is 4. The van der Waals surface area contributed by atoms with Crippen molar-refractivity contribution in [1.82, 2.24) is 4.72 Å². The van der Waals surface area contributed by atoms with Crippen LogP contribution >= 0.6 is 27.3 Å². The maximum atomic E-state index is 11.8. The molecule has 1 unspecified atom stereocenters. The molecule has 98 valence electrons. The van der Waals surface area contributed by atoms with E-state index in [1.165, 1.54) is 11.3 Å². The zero-order valence-electron chi connectivity index (χ0n) is 9.53. The molecule has 0 radical (unpaired) electrons. The van der Waals surface area contributed by atoms with Crippen LogP contribution in [-0.4, -0.2) is 31.2 Å². The Labute approximate surface area is 116 Å². The van der Waals surface area contributed by atoms with Crippen molar-refractivity contribution >= 4 is 48.1 Å². The van der Waals surface area contributed by atoms with Gasteiger partial charge in [0.15, 0.2) is 0 Å². The number of aryl methyl sites for hydroxylation is 1. The van der Waals surface area contributed by atoms with Gasteiger partial charge in [0.2, 0.25) is 10.0 Å². The number of nitrogens with one attached hydrogen (secondary N) is 1.